The Morgan fingerprint density at radius 3 is 2.50 bits per heavy atom. The molecule has 2 rings (SSSR count). The minimum atomic E-state index is 0.664. The number of aryl methyl sites for hydroxylation is 2. The first-order valence-corrected chi connectivity index (χ1v) is 7.62. The highest BCUT2D eigenvalue weighted by atomic mass is 15.4. The Morgan fingerprint density at radius 1 is 1.11 bits per heavy atom. The van der Waals surface area contributed by atoms with E-state index in [9.17, 15) is 0 Å². The number of hydrogen-bond donors (Lipinski definition) is 1. The maximum Gasteiger partial charge on any atom is 0.0424 e. The van der Waals surface area contributed by atoms with Gasteiger partial charge in [-0.25, -0.2) is 0 Å². The van der Waals surface area contributed by atoms with Crippen LogP contribution in [0.3, 0.4) is 0 Å². The number of rotatable bonds is 4. The molecule has 0 spiro atoms. The molecular weight excluding hydrogens is 220 g/mol. The van der Waals surface area contributed by atoms with Crippen molar-refractivity contribution in [2.75, 3.05) is 5.43 Å². The lowest BCUT2D eigenvalue weighted by Gasteiger charge is -2.21. The van der Waals surface area contributed by atoms with Gasteiger partial charge in [0.2, 0.25) is 0 Å². The molecule has 0 aliphatic heterocycles. The van der Waals surface area contributed by atoms with E-state index in [0.717, 1.165) is 5.92 Å². The smallest absolute Gasteiger partial charge is 0.0424 e. The first-order chi connectivity index (χ1) is 8.70. The van der Waals surface area contributed by atoms with Crippen LogP contribution in [0.2, 0.25) is 0 Å². The van der Waals surface area contributed by atoms with Gasteiger partial charge in [0.1, 0.15) is 0 Å². The second-order valence-electron chi connectivity index (χ2n) is 5.94. The van der Waals surface area contributed by atoms with Crippen LogP contribution in [0.1, 0.15) is 63.3 Å². The van der Waals surface area contributed by atoms with Crippen molar-refractivity contribution >= 4 is 0 Å². The van der Waals surface area contributed by atoms with Gasteiger partial charge in [-0.05, 0) is 51.2 Å². The lowest BCUT2D eigenvalue weighted by molar-refractivity contribution is 0.420. The first-order valence-electron chi connectivity index (χ1n) is 7.62. The first kappa shape index (κ1) is 13.5. The van der Waals surface area contributed by atoms with Crippen LogP contribution in [0.25, 0.3) is 0 Å². The molecule has 1 aromatic rings. The van der Waals surface area contributed by atoms with E-state index in [-0.39, 0.29) is 0 Å². The van der Waals surface area contributed by atoms with Crippen LogP contribution in [0.4, 0.5) is 0 Å². The average molecular weight is 248 g/mol. The Hall–Kier alpha value is -0.920. The Bertz CT molecular complexity index is 348. The van der Waals surface area contributed by atoms with Gasteiger partial charge in [-0.3, -0.25) is 4.68 Å². The van der Waals surface area contributed by atoms with Crippen LogP contribution in [0.15, 0.2) is 12.1 Å². The molecular formula is C16H28N2. The molecule has 1 fully saturated rings. The molecule has 0 bridgehead atoms. The van der Waals surface area contributed by atoms with Crippen molar-refractivity contribution in [3.05, 3.63) is 23.5 Å². The molecule has 2 heteroatoms. The molecule has 0 saturated heterocycles. The fourth-order valence-corrected chi connectivity index (χ4v) is 3.26. The van der Waals surface area contributed by atoms with E-state index in [1.165, 1.54) is 56.3 Å². The van der Waals surface area contributed by atoms with Gasteiger partial charge in [-0.2, -0.15) is 0 Å². The predicted molar refractivity (Wildman–Crippen MR) is 78.5 cm³/mol. The third-order valence-electron chi connectivity index (χ3n) is 4.37. The van der Waals surface area contributed by atoms with Crippen molar-refractivity contribution in [1.29, 1.82) is 0 Å². The molecule has 2 unspecified atom stereocenters. The van der Waals surface area contributed by atoms with Crippen molar-refractivity contribution in [3.8, 4) is 0 Å². The van der Waals surface area contributed by atoms with Crippen LogP contribution in [0.5, 0.6) is 0 Å². The standard InChI is InChI=1S/C16H28N2/c1-4-6-15-7-5-8-16(12-11-15)17-18-13(2)9-10-14(18)3/h9-10,15-17H,4-8,11-12H2,1-3H3. The van der Waals surface area contributed by atoms with Crippen LogP contribution < -0.4 is 5.43 Å². The summed E-state index contributed by atoms with van der Waals surface area (Å²) in [6, 6.07) is 5.05. The summed E-state index contributed by atoms with van der Waals surface area (Å²) in [7, 11) is 0. The lowest BCUT2D eigenvalue weighted by atomic mass is 9.95. The fraction of sp³-hybridized carbons (Fsp3) is 0.750. The molecule has 0 radical (unpaired) electrons. The normalized spacial score (nSPS) is 24.8. The van der Waals surface area contributed by atoms with E-state index in [1.54, 1.807) is 0 Å². The summed E-state index contributed by atoms with van der Waals surface area (Å²) < 4.78 is 2.27. The monoisotopic (exact) mass is 248 g/mol. The van der Waals surface area contributed by atoms with Gasteiger partial charge >= 0.3 is 0 Å². The van der Waals surface area contributed by atoms with Crippen LogP contribution in [-0.4, -0.2) is 10.7 Å². The van der Waals surface area contributed by atoms with Crippen molar-refractivity contribution in [2.24, 2.45) is 5.92 Å². The largest absolute Gasteiger partial charge is 0.323 e. The third kappa shape index (κ3) is 3.30. The fourth-order valence-electron chi connectivity index (χ4n) is 3.26. The van der Waals surface area contributed by atoms with Gasteiger partial charge in [-0.15, -0.1) is 0 Å². The van der Waals surface area contributed by atoms with Crippen molar-refractivity contribution in [3.63, 3.8) is 0 Å². The quantitative estimate of drug-likeness (QED) is 0.782. The Balaban J connectivity index is 1.91. The zero-order valence-electron chi connectivity index (χ0n) is 12.2. The number of aromatic nitrogens is 1. The molecule has 18 heavy (non-hydrogen) atoms. The van der Waals surface area contributed by atoms with E-state index in [1.807, 2.05) is 0 Å². The zero-order valence-corrected chi connectivity index (χ0v) is 12.2. The molecule has 2 atom stereocenters. The maximum atomic E-state index is 3.72. The lowest BCUT2D eigenvalue weighted by Crippen LogP contribution is -2.28. The van der Waals surface area contributed by atoms with Gasteiger partial charge in [0, 0.05) is 17.4 Å². The van der Waals surface area contributed by atoms with E-state index in [2.05, 4.69) is 43.0 Å². The molecule has 1 aliphatic rings. The predicted octanol–water partition coefficient (Wildman–Crippen LogP) is 4.40. The third-order valence-corrected chi connectivity index (χ3v) is 4.37. The molecule has 102 valence electrons. The summed E-state index contributed by atoms with van der Waals surface area (Å²) in [6.45, 7) is 6.67. The Kier molecular flexibility index (Phi) is 4.73. The number of nitrogens with zero attached hydrogens (tertiary/aromatic N) is 1. The van der Waals surface area contributed by atoms with E-state index < -0.39 is 0 Å². The van der Waals surface area contributed by atoms with Gasteiger partial charge in [0.05, 0.1) is 0 Å². The van der Waals surface area contributed by atoms with Gasteiger partial charge in [0.25, 0.3) is 0 Å². The molecule has 1 N–H and O–H groups in total. The molecule has 0 amide bonds. The SMILES string of the molecule is CCCC1CCCC(Nn2c(C)ccc2C)CC1. The highest BCUT2D eigenvalue weighted by Gasteiger charge is 2.18. The molecule has 1 aliphatic carbocycles. The minimum Gasteiger partial charge on any atom is -0.323 e. The summed E-state index contributed by atoms with van der Waals surface area (Å²) in [4.78, 5) is 0. The van der Waals surface area contributed by atoms with E-state index in [4.69, 9.17) is 0 Å². The summed E-state index contributed by atoms with van der Waals surface area (Å²) >= 11 is 0. The Labute approximate surface area is 112 Å². The second kappa shape index (κ2) is 6.31. The minimum absolute atomic E-state index is 0.664. The number of nitrogens with one attached hydrogen (secondary N) is 1. The van der Waals surface area contributed by atoms with Crippen molar-refractivity contribution < 1.29 is 0 Å². The van der Waals surface area contributed by atoms with Gasteiger partial charge < -0.3 is 5.43 Å². The number of hydrogen-bond acceptors (Lipinski definition) is 1. The van der Waals surface area contributed by atoms with Crippen LogP contribution >= 0.6 is 0 Å². The summed E-state index contributed by atoms with van der Waals surface area (Å²) in [5, 5.41) is 0. The highest BCUT2D eigenvalue weighted by molar-refractivity contribution is 5.15. The molecule has 2 nitrogen and oxygen atoms in total. The van der Waals surface area contributed by atoms with Crippen molar-refractivity contribution in [2.45, 2.75) is 71.8 Å². The van der Waals surface area contributed by atoms with Gasteiger partial charge in [-0.1, -0.05) is 32.6 Å². The zero-order chi connectivity index (χ0) is 13.0. The highest BCUT2D eigenvalue weighted by Crippen LogP contribution is 2.27. The molecule has 1 heterocycles. The Morgan fingerprint density at radius 2 is 1.83 bits per heavy atom. The average Bonchev–Trinajstić information content (AvgIpc) is 2.57. The van der Waals surface area contributed by atoms with E-state index in [0.29, 0.717) is 6.04 Å². The molecule has 1 aromatic heterocycles. The topological polar surface area (TPSA) is 17.0 Å². The van der Waals surface area contributed by atoms with Crippen LogP contribution in [0, 0.1) is 19.8 Å². The maximum absolute atomic E-state index is 3.72. The second-order valence-corrected chi connectivity index (χ2v) is 5.94. The van der Waals surface area contributed by atoms with E-state index >= 15 is 0 Å². The van der Waals surface area contributed by atoms with Crippen molar-refractivity contribution in [1.82, 2.24) is 4.68 Å². The summed E-state index contributed by atoms with van der Waals surface area (Å²) in [5.41, 5.74) is 6.36. The van der Waals surface area contributed by atoms with Crippen LogP contribution in [-0.2, 0) is 0 Å². The summed E-state index contributed by atoms with van der Waals surface area (Å²) in [5.74, 6) is 0.980. The summed E-state index contributed by atoms with van der Waals surface area (Å²) in [6.07, 6.45) is 9.67. The molecule has 1 saturated carbocycles. The molecule has 0 aromatic carbocycles. The van der Waals surface area contributed by atoms with Gasteiger partial charge in [0.15, 0.2) is 0 Å².